The molecule has 254 valence electrons. The van der Waals surface area contributed by atoms with Gasteiger partial charge in [-0.15, -0.1) is 0 Å². The number of hydrogen-bond acceptors (Lipinski definition) is 2. The highest BCUT2D eigenvalue weighted by atomic mass is 15.1. The predicted octanol–water partition coefficient (Wildman–Crippen LogP) is 7.42. The van der Waals surface area contributed by atoms with Crippen molar-refractivity contribution in [3.05, 3.63) is 117 Å². The Morgan fingerprint density at radius 2 is 0.800 bits per heavy atom. The molecule has 0 bridgehead atoms. The predicted molar refractivity (Wildman–Crippen MR) is 223 cm³/mol. The van der Waals surface area contributed by atoms with Gasteiger partial charge in [-0.2, -0.15) is 0 Å². The van der Waals surface area contributed by atoms with Crippen LogP contribution in [0.15, 0.2) is 72.8 Å². The van der Waals surface area contributed by atoms with Crippen LogP contribution in [0.1, 0.15) is 84.0 Å². The molecular weight excluding hydrogens is 602 g/mol. The van der Waals surface area contributed by atoms with Crippen molar-refractivity contribution in [2.75, 3.05) is 23.9 Å². The van der Waals surface area contributed by atoms with Crippen molar-refractivity contribution in [3.8, 4) is 0 Å². The van der Waals surface area contributed by atoms with Crippen LogP contribution in [-0.2, 0) is 12.8 Å². The van der Waals surface area contributed by atoms with Crippen LogP contribution < -0.4 is 42.6 Å². The molecule has 5 aromatic carbocycles. The molecule has 2 aliphatic heterocycles. The normalized spacial score (nSPS) is 13.3. The lowest BCUT2D eigenvalue weighted by atomic mass is 9.30. The molecule has 0 spiro atoms. The van der Waals surface area contributed by atoms with Crippen LogP contribution in [-0.4, -0.2) is 27.5 Å². The Morgan fingerprint density at radius 1 is 0.440 bits per heavy atom. The van der Waals surface area contributed by atoms with E-state index in [-0.39, 0.29) is 13.4 Å². The molecule has 7 rings (SSSR count). The summed E-state index contributed by atoms with van der Waals surface area (Å²) in [5.41, 5.74) is 25.0. The maximum absolute atomic E-state index is 2.63. The second-order valence-corrected chi connectivity index (χ2v) is 15.6. The first-order chi connectivity index (χ1) is 24.0. The minimum absolute atomic E-state index is 0.159. The van der Waals surface area contributed by atoms with E-state index in [2.05, 4.69) is 152 Å². The molecule has 0 atom stereocenters. The summed E-state index contributed by atoms with van der Waals surface area (Å²) in [5, 5.41) is 0. The van der Waals surface area contributed by atoms with Gasteiger partial charge in [0.05, 0.1) is 0 Å². The highest BCUT2D eigenvalue weighted by Crippen LogP contribution is 2.34. The van der Waals surface area contributed by atoms with Gasteiger partial charge in [0.2, 0.25) is 13.4 Å². The van der Waals surface area contributed by atoms with E-state index >= 15 is 0 Å². The third-order valence-electron chi connectivity index (χ3n) is 11.7. The van der Waals surface area contributed by atoms with Crippen molar-refractivity contribution < 1.29 is 0 Å². The Hall–Kier alpha value is -4.17. The molecule has 0 unspecified atom stereocenters. The number of benzene rings is 5. The molecule has 0 N–H and O–H groups in total. The van der Waals surface area contributed by atoms with E-state index in [9.17, 15) is 0 Å². The Kier molecular flexibility index (Phi) is 9.27. The summed E-state index contributed by atoms with van der Waals surface area (Å²) >= 11 is 0. The molecule has 0 radical (unpaired) electrons. The van der Waals surface area contributed by atoms with Gasteiger partial charge in [-0.05, 0) is 118 Å². The summed E-state index contributed by atoms with van der Waals surface area (Å²) in [7, 11) is 4.56. The topological polar surface area (TPSA) is 6.48 Å². The molecule has 5 aromatic rings. The van der Waals surface area contributed by atoms with E-state index in [0.717, 1.165) is 12.8 Å². The van der Waals surface area contributed by atoms with Crippen LogP contribution in [0, 0.1) is 41.5 Å². The molecule has 0 aliphatic carbocycles. The van der Waals surface area contributed by atoms with Gasteiger partial charge in [-0.1, -0.05) is 126 Å². The Balaban J connectivity index is 1.53. The van der Waals surface area contributed by atoms with E-state index in [0.29, 0.717) is 0 Å². The van der Waals surface area contributed by atoms with Crippen LogP contribution in [0.5, 0.6) is 0 Å². The van der Waals surface area contributed by atoms with Gasteiger partial charge < -0.3 is 9.80 Å². The van der Waals surface area contributed by atoms with Crippen molar-refractivity contribution in [1.29, 1.82) is 0 Å². The first-order valence-electron chi connectivity index (χ1n) is 19.1. The molecule has 0 saturated heterocycles. The second-order valence-electron chi connectivity index (χ2n) is 15.6. The van der Waals surface area contributed by atoms with Crippen molar-refractivity contribution in [2.45, 2.75) is 93.9 Å². The first-order valence-corrected chi connectivity index (χ1v) is 19.1. The van der Waals surface area contributed by atoms with E-state index in [1.165, 1.54) is 126 Å². The second kappa shape index (κ2) is 13.5. The quantitative estimate of drug-likeness (QED) is 0.161. The van der Waals surface area contributed by atoms with Crippen LogP contribution in [0.4, 0.5) is 22.7 Å². The lowest BCUT2D eigenvalue weighted by molar-refractivity contribution is 0.795. The van der Waals surface area contributed by atoms with E-state index in [1.807, 2.05) is 0 Å². The molecule has 2 nitrogen and oxygen atoms in total. The van der Waals surface area contributed by atoms with E-state index in [4.69, 9.17) is 0 Å². The standard InChI is InChI=1S/C46H54B2N2/c1-11-13-15-35-17-19-41-37(25-35)47(45-31(5)21-29(3)22-32(45)6)39-27-40-44(28-43(39)49(41)9)50(10)42-20-18-36(16-14-12-2)26-38(42)48(40)46-33(7)23-30(4)24-34(46)8/h17-28H,11-16H2,1-10H3. The highest BCUT2D eigenvalue weighted by Gasteiger charge is 2.41. The van der Waals surface area contributed by atoms with Gasteiger partial charge in [0.25, 0.3) is 0 Å². The minimum atomic E-state index is 0.159. The third-order valence-corrected chi connectivity index (χ3v) is 11.7. The molecule has 0 amide bonds. The van der Waals surface area contributed by atoms with Crippen molar-refractivity contribution >= 4 is 69.0 Å². The van der Waals surface area contributed by atoms with Crippen LogP contribution in [0.3, 0.4) is 0 Å². The average molecular weight is 657 g/mol. The van der Waals surface area contributed by atoms with Crippen LogP contribution in [0.25, 0.3) is 0 Å². The number of anilines is 4. The van der Waals surface area contributed by atoms with Crippen molar-refractivity contribution in [2.24, 2.45) is 0 Å². The van der Waals surface area contributed by atoms with Crippen LogP contribution >= 0.6 is 0 Å². The first kappa shape index (κ1) is 34.3. The fourth-order valence-corrected chi connectivity index (χ4v) is 9.52. The summed E-state index contributed by atoms with van der Waals surface area (Å²) in [4.78, 5) is 4.94. The molecule has 0 aromatic heterocycles. The monoisotopic (exact) mass is 656 g/mol. The van der Waals surface area contributed by atoms with Gasteiger partial charge in [-0.3, -0.25) is 0 Å². The number of hydrogen-bond donors (Lipinski definition) is 0. The van der Waals surface area contributed by atoms with Gasteiger partial charge in [0.15, 0.2) is 0 Å². The zero-order valence-corrected chi connectivity index (χ0v) is 32.2. The lowest BCUT2D eigenvalue weighted by Gasteiger charge is -2.41. The molecule has 2 heterocycles. The lowest BCUT2D eigenvalue weighted by Crippen LogP contribution is -2.63. The summed E-state index contributed by atoms with van der Waals surface area (Å²) in [6.07, 6.45) is 7.10. The van der Waals surface area contributed by atoms with Gasteiger partial charge >= 0.3 is 0 Å². The number of nitrogens with zero attached hydrogens (tertiary/aromatic N) is 2. The number of rotatable bonds is 8. The summed E-state index contributed by atoms with van der Waals surface area (Å²) in [6, 6.07) is 29.3. The molecule has 4 heteroatoms. The Labute approximate surface area is 303 Å². The molecule has 0 fully saturated rings. The van der Waals surface area contributed by atoms with E-state index in [1.54, 1.807) is 0 Å². The zero-order valence-electron chi connectivity index (χ0n) is 32.2. The van der Waals surface area contributed by atoms with Crippen molar-refractivity contribution in [1.82, 2.24) is 0 Å². The van der Waals surface area contributed by atoms with Gasteiger partial charge in [0.1, 0.15) is 0 Å². The average Bonchev–Trinajstić information content (AvgIpc) is 3.07. The zero-order chi connectivity index (χ0) is 35.4. The Bertz CT molecular complexity index is 1920. The number of fused-ring (bicyclic) bond motifs is 4. The van der Waals surface area contributed by atoms with Gasteiger partial charge in [-0.25, -0.2) is 0 Å². The molecule has 2 aliphatic rings. The molecular formula is C46H54B2N2. The summed E-state index contributed by atoms with van der Waals surface area (Å²) in [5.74, 6) is 0. The molecule has 0 saturated carbocycles. The number of unbranched alkanes of at least 4 members (excludes halogenated alkanes) is 2. The smallest absolute Gasteiger partial charge is 0.247 e. The fourth-order valence-electron chi connectivity index (χ4n) is 9.52. The Morgan fingerprint density at radius 3 is 1.16 bits per heavy atom. The maximum Gasteiger partial charge on any atom is 0.247 e. The third kappa shape index (κ3) is 5.79. The van der Waals surface area contributed by atoms with E-state index < -0.39 is 0 Å². The summed E-state index contributed by atoms with van der Waals surface area (Å²) < 4.78 is 0. The molecule has 50 heavy (non-hydrogen) atoms. The highest BCUT2D eigenvalue weighted by molar-refractivity contribution is 7.01. The maximum atomic E-state index is 2.63. The largest absolute Gasteiger partial charge is 0.345 e. The van der Waals surface area contributed by atoms with Crippen molar-refractivity contribution in [3.63, 3.8) is 0 Å². The number of aryl methyl sites for hydroxylation is 8. The minimum Gasteiger partial charge on any atom is -0.345 e. The van der Waals surface area contributed by atoms with Gasteiger partial charge in [0, 0.05) is 36.8 Å². The SMILES string of the molecule is CCCCc1ccc2c(c1)B(c1c(C)cc(C)cc1C)c1cc3c(cc1N2C)N(C)c1ccc(CCCC)cc1B3c1c(C)cc(C)cc1C. The fraction of sp³-hybridized carbons (Fsp3) is 0.348. The summed E-state index contributed by atoms with van der Waals surface area (Å²) in [6.45, 7) is 18.7. The van der Waals surface area contributed by atoms with Crippen LogP contribution in [0.2, 0.25) is 0 Å².